The number of aliphatic hydroxyl groups excluding tert-OH is 1. The molecule has 0 aromatic heterocycles. The molecule has 0 heterocycles. The Bertz CT molecular complexity index is 604. The minimum atomic E-state index is -0.709. The highest BCUT2D eigenvalue weighted by Gasteiger charge is 2.55. The van der Waals surface area contributed by atoms with E-state index in [2.05, 4.69) is 20.8 Å². The number of ketones is 2. The van der Waals surface area contributed by atoms with Crippen LogP contribution in [0.3, 0.4) is 0 Å². The first-order chi connectivity index (χ1) is 10.6. The zero-order valence-corrected chi connectivity index (χ0v) is 14.8. The van der Waals surface area contributed by atoms with Gasteiger partial charge in [0.2, 0.25) is 11.6 Å². The second-order valence-corrected chi connectivity index (χ2v) is 7.73. The van der Waals surface area contributed by atoms with E-state index in [0.29, 0.717) is 29.4 Å². The summed E-state index contributed by atoms with van der Waals surface area (Å²) in [5.74, 6) is -0.0793. The first-order valence-electron chi connectivity index (χ1n) is 8.43. The summed E-state index contributed by atoms with van der Waals surface area (Å²) in [6, 6.07) is 0. The van der Waals surface area contributed by atoms with E-state index in [9.17, 15) is 14.7 Å². The third-order valence-electron chi connectivity index (χ3n) is 5.57. The zero-order chi connectivity index (χ0) is 17.4. The number of allylic oxidation sites excluding steroid dienone is 4. The predicted octanol–water partition coefficient (Wildman–Crippen LogP) is 3.78. The van der Waals surface area contributed by atoms with E-state index >= 15 is 0 Å². The fourth-order valence-electron chi connectivity index (χ4n) is 3.56. The van der Waals surface area contributed by atoms with Crippen molar-refractivity contribution in [3.63, 3.8) is 0 Å². The predicted molar refractivity (Wildman–Crippen MR) is 91.9 cm³/mol. The zero-order valence-electron chi connectivity index (χ0n) is 14.8. The highest BCUT2D eigenvalue weighted by Crippen LogP contribution is 2.61. The van der Waals surface area contributed by atoms with Gasteiger partial charge in [0.1, 0.15) is 0 Å². The van der Waals surface area contributed by atoms with Gasteiger partial charge in [-0.3, -0.25) is 9.59 Å². The molecule has 2 rings (SSSR count). The second-order valence-electron chi connectivity index (χ2n) is 7.73. The van der Waals surface area contributed by atoms with Crippen LogP contribution < -0.4 is 0 Å². The molecule has 3 atom stereocenters. The fraction of sp³-hybridized carbons (Fsp3) is 0.600. The van der Waals surface area contributed by atoms with E-state index in [1.165, 1.54) is 11.6 Å². The van der Waals surface area contributed by atoms with Gasteiger partial charge >= 0.3 is 0 Å². The number of Topliss-reactive ketones (excluding diaryl/α,β-unsaturated/α-hetero) is 1. The van der Waals surface area contributed by atoms with Gasteiger partial charge in [0.25, 0.3) is 0 Å². The molecule has 0 aromatic carbocycles. The van der Waals surface area contributed by atoms with E-state index in [1.54, 1.807) is 13.8 Å². The lowest BCUT2D eigenvalue weighted by Gasteiger charge is -2.10. The third-order valence-corrected chi connectivity index (χ3v) is 5.57. The van der Waals surface area contributed by atoms with Gasteiger partial charge < -0.3 is 5.11 Å². The maximum Gasteiger partial charge on any atom is 0.228 e. The maximum atomic E-state index is 12.2. The maximum absolute atomic E-state index is 12.2. The number of hydrogen-bond donors (Lipinski definition) is 1. The lowest BCUT2D eigenvalue weighted by molar-refractivity contribution is -0.131. The summed E-state index contributed by atoms with van der Waals surface area (Å²) in [6.45, 7) is 9.97. The van der Waals surface area contributed by atoms with Crippen LogP contribution in [-0.2, 0) is 9.59 Å². The second kappa shape index (κ2) is 6.56. The molecule has 2 aliphatic rings. The average Bonchev–Trinajstić information content (AvgIpc) is 3.00. The summed E-state index contributed by atoms with van der Waals surface area (Å²) in [7, 11) is 0. The molecule has 3 nitrogen and oxygen atoms in total. The molecule has 0 amide bonds. The Balaban J connectivity index is 2.32. The van der Waals surface area contributed by atoms with E-state index in [-0.39, 0.29) is 5.41 Å². The lowest BCUT2D eigenvalue weighted by Crippen LogP contribution is -2.16. The topological polar surface area (TPSA) is 54.4 Å². The molecule has 0 saturated heterocycles. The summed E-state index contributed by atoms with van der Waals surface area (Å²) in [5, 5.41) is 10.1. The molecular formula is C20H28O3. The van der Waals surface area contributed by atoms with Crippen LogP contribution in [-0.4, -0.2) is 22.8 Å². The first kappa shape index (κ1) is 17.9. The van der Waals surface area contributed by atoms with Crippen molar-refractivity contribution in [1.82, 2.24) is 0 Å². The molecule has 23 heavy (non-hydrogen) atoms. The van der Waals surface area contributed by atoms with Crippen molar-refractivity contribution in [2.45, 2.75) is 60.0 Å². The van der Waals surface area contributed by atoms with Crippen LogP contribution in [0.2, 0.25) is 0 Å². The summed E-state index contributed by atoms with van der Waals surface area (Å²) in [4.78, 5) is 24.3. The van der Waals surface area contributed by atoms with Crippen LogP contribution >= 0.6 is 0 Å². The number of rotatable bonds is 0. The standard InChI is InChI=1S/C20H28O3/c1-12-6-8-15-16(20(15,4)5)10-14(3)19(23)18(22)11-13(2)17(21)9-7-12/h7,10-11,15-17,21H,6,8-9H2,1-5H3. The molecule has 0 spiro atoms. The number of hydrogen-bond acceptors (Lipinski definition) is 3. The molecule has 1 fully saturated rings. The van der Waals surface area contributed by atoms with Gasteiger partial charge in [-0.25, -0.2) is 0 Å². The van der Waals surface area contributed by atoms with E-state index in [4.69, 9.17) is 0 Å². The fourth-order valence-corrected chi connectivity index (χ4v) is 3.56. The van der Waals surface area contributed by atoms with Crippen molar-refractivity contribution in [3.8, 4) is 0 Å². The molecule has 0 aliphatic heterocycles. The van der Waals surface area contributed by atoms with E-state index in [0.717, 1.165) is 12.8 Å². The number of aliphatic hydroxyl groups is 1. The summed E-state index contributed by atoms with van der Waals surface area (Å²) in [5.41, 5.74) is 2.54. The number of carbonyl (C=O) groups is 2. The normalized spacial score (nSPS) is 32.3. The van der Waals surface area contributed by atoms with Crippen LogP contribution in [0.4, 0.5) is 0 Å². The number of carbonyl (C=O) groups excluding carboxylic acids is 2. The molecule has 1 N–H and O–H groups in total. The van der Waals surface area contributed by atoms with E-state index in [1.807, 2.05) is 12.2 Å². The Morgan fingerprint density at radius 1 is 1.17 bits per heavy atom. The van der Waals surface area contributed by atoms with Crippen LogP contribution in [0, 0.1) is 17.3 Å². The van der Waals surface area contributed by atoms with Gasteiger partial charge in [-0.2, -0.15) is 0 Å². The Morgan fingerprint density at radius 3 is 2.48 bits per heavy atom. The van der Waals surface area contributed by atoms with Gasteiger partial charge in [0, 0.05) is 0 Å². The minimum Gasteiger partial charge on any atom is -0.388 e. The Labute approximate surface area is 139 Å². The van der Waals surface area contributed by atoms with Crippen molar-refractivity contribution in [2.75, 3.05) is 0 Å². The molecule has 0 radical (unpaired) electrons. The number of fused-ring (bicyclic) bond motifs is 1. The highest BCUT2D eigenvalue weighted by molar-refractivity contribution is 6.47. The van der Waals surface area contributed by atoms with Gasteiger partial charge in [-0.1, -0.05) is 31.6 Å². The highest BCUT2D eigenvalue weighted by atomic mass is 16.3. The van der Waals surface area contributed by atoms with Crippen LogP contribution in [0.5, 0.6) is 0 Å². The van der Waals surface area contributed by atoms with Crippen LogP contribution in [0.25, 0.3) is 0 Å². The Morgan fingerprint density at radius 2 is 1.83 bits per heavy atom. The summed E-state index contributed by atoms with van der Waals surface area (Å²) >= 11 is 0. The average molecular weight is 316 g/mol. The quantitative estimate of drug-likeness (QED) is 0.546. The van der Waals surface area contributed by atoms with E-state index < -0.39 is 17.7 Å². The molecule has 126 valence electrons. The largest absolute Gasteiger partial charge is 0.388 e. The molecule has 3 unspecified atom stereocenters. The summed E-state index contributed by atoms with van der Waals surface area (Å²) < 4.78 is 0. The van der Waals surface area contributed by atoms with Gasteiger partial charge in [0.05, 0.1) is 6.10 Å². The lowest BCUT2D eigenvalue weighted by atomic mass is 9.99. The third kappa shape index (κ3) is 3.89. The van der Waals surface area contributed by atoms with Crippen molar-refractivity contribution in [3.05, 3.63) is 34.9 Å². The van der Waals surface area contributed by atoms with Gasteiger partial charge in [0.15, 0.2) is 0 Å². The monoisotopic (exact) mass is 316 g/mol. The molecule has 0 aromatic rings. The van der Waals surface area contributed by atoms with Crippen molar-refractivity contribution in [2.24, 2.45) is 17.3 Å². The van der Waals surface area contributed by atoms with Gasteiger partial charge in [-0.15, -0.1) is 0 Å². The first-order valence-corrected chi connectivity index (χ1v) is 8.43. The Kier molecular flexibility index (Phi) is 5.10. The van der Waals surface area contributed by atoms with Crippen molar-refractivity contribution in [1.29, 1.82) is 0 Å². The van der Waals surface area contributed by atoms with Crippen molar-refractivity contribution >= 4 is 11.6 Å². The minimum absolute atomic E-state index is 0.191. The SMILES string of the molecule is CC1=CCC(O)C(C)=CC(=O)C(=O)C(C)=CC2C(CC1)C2(C)C. The molecule has 2 aliphatic carbocycles. The Hall–Kier alpha value is -1.48. The smallest absolute Gasteiger partial charge is 0.228 e. The van der Waals surface area contributed by atoms with Crippen LogP contribution in [0.15, 0.2) is 34.9 Å². The molecular weight excluding hydrogens is 288 g/mol. The summed E-state index contributed by atoms with van der Waals surface area (Å²) in [6.07, 6.45) is 7.19. The van der Waals surface area contributed by atoms with Crippen molar-refractivity contribution < 1.29 is 14.7 Å². The van der Waals surface area contributed by atoms with Gasteiger partial charge in [-0.05, 0) is 74.5 Å². The molecule has 0 bridgehead atoms. The van der Waals surface area contributed by atoms with Crippen LogP contribution in [0.1, 0.15) is 53.9 Å². The molecule has 3 heteroatoms. The molecule has 1 saturated carbocycles.